The van der Waals surface area contributed by atoms with E-state index in [1.165, 1.54) is 0 Å². The highest BCUT2D eigenvalue weighted by atomic mass is 35.5. The predicted molar refractivity (Wildman–Crippen MR) is 197 cm³/mol. The zero-order valence-corrected chi connectivity index (χ0v) is 31.8. The van der Waals surface area contributed by atoms with Crippen LogP contribution in [-0.4, -0.2) is 83.3 Å². The van der Waals surface area contributed by atoms with Crippen molar-refractivity contribution in [1.29, 1.82) is 0 Å². The number of rotatable bonds is 3. The van der Waals surface area contributed by atoms with Crippen LogP contribution in [0.4, 0.5) is 5.69 Å². The molecule has 1 amide bonds. The van der Waals surface area contributed by atoms with Crippen LogP contribution in [-0.2, 0) is 19.5 Å². The van der Waals surface area contributed by atoms with Gasteiger partial charge < -0.3 is 19.1 Å². The number of hydrogen-bond acceptors (Lipinski definition) is 8. The number of ether oxygens (including phenoxy) is 3. The summed E-state index contributed by atoms with van der Waals surface area (Å²) < 4.78 is 49.2. The van der Waals surface area contributed by atoms with E-state index in [1.807, 2.05) is 25.1 Å². The number of carbonyl (C=O) groups excluding carboxylic acids is 1. The molecule has 1 N–H and O–H groups in total. The Labute approximate surface area is 304 Å². The summed E-state index contributed by atoms with van der Waals surface area (Å²) in [7, 11) is -1.78. The second-order valence-electron chi connectivity index (χ2n) is 16.2. The Balaban J connectivity index is 1.24. The van der Waals surface area contributed by atoms with Gasteiger partial charge in [-0.2, -0.15) is 0 Å². The lowest BCUT2D eigenvalue weighted by atomic mass is 9.60. The van der Waals surface area contributed by atoms with Gasteiger partial charge in [0.2, 0.25) is 10.0 Å². The van der Waals surface area contributed by atoms with Gasteiger partial charge in [0.15, 0.2) is 6.29 Å². The van der Waals surface area contributed by atoms with Gasteiger partial charge >= 0.3 is 0 Å². The Bertz CT molecular complexity index is 1580. The van der Waals surface area contributed by atoms with Crippen molar-refractivity contribution >= 4 is 33.2 Å². The van der Waals surface area contributed by atoms with Crippen LogP contribution in [0.15, 0.2) is 41.5 Å². The highest BCUT2D eigenvalue weighted by Gasteiger charge is 2.50. The largest absolute Gasteiger partial charge is 0.491 e. The van der Waals surface area contributed by atoms with Gasteiger partial charge in [0.25, 0.3) is 5.91 Å². The van der Waals surface area contributed by atoms with E-state index in [4.69, 9.17) is 25.8 Å². The molecule has 4 unspecified atom stereocenters. The normalized spacial score (nSPS) is 38.9. The number of halogens is 1. The quantitative estimate of drug-likeness (QED) is 0.373. The first-order chi connectivity index (χ1) is 24.0. The molecule has 276 valence electrons. The molecule has 1 saturated heterocycles. The summed E-state index contributed by atoms with van der Waals surface area (Å²) in [6.45, 7) is 10.3. The Morgan fingerprint density at radius 3 is 2.60 bits per heavy atom. The van der Waals surface area contributed by atoms with Gasteiger partial charge in [-0.05, 0) is 113 Å². The van der Waals surface area contributed by atoms with E-state index in [2.05, 4.69) is 40.6 Å². The number of amides is 1. The molecule has 0 radical (unpaired) electrons. The van der Waals surface area contributed by atoms with Gasteiger partial charge in [-0.25, -0.2) is 13.1 Å². The molecule has 50 heavy (non-hydrogen) atoms. The number of nitrogens with zero attached hydrogens (tertiary/aromatic N) is 2. The van der Waals surface area contributed by atoms with Gasteiger partial charge in [0, 0.05) is 35.0 Å². The lowest BCUT2D eigenvalue weighted by Crippen LogP contribution is -2.53. The number of carbonyl (C=O) groups is 1. The number of likely N-dealkylation sites (N-methyl/N-ethyl adjacent to an activating group) is 1. The van der Waals surface area contributed by atoms with Crippen molar-refractivity contribution in [2.24, 2.45) is 40.9 Å². The summed E-state index contributed by atoms with van der Waals surface area (Å²) in [6.07, 6.45) is 14.4. The van der Waals surface area contributed by atoms with Crippen molar-refractivity contribution in [3.8, 4) is 5.75 Å². The lowest BCUT2D eigenvalue weighted by molar-refractivity contribution is -0.241. The molecule has 3 fully saturated rings. The second-order valence-corrected chi connectivity index (χ2v) is 18.7. The molecular weight excluding hydrogens is 674 g/mol. The molecule has 6 aliphatic rings. The fourth-order valence-corrected chi connectivity index (χ4v) is 11.3. The van der Waals surface area contributed by atoms with Crippen LogP contribution in [0.25, 0.3) is 0 Å². The predicted octanol–water partition coefficient (Wildman–Crippen LogP) is 6.58. The molecule has 11 heteroatoms. The van der Waals surface area contributed by atoms with Crippen LogP contribution in [0.3, 0.4) is 0 Å². The number of nitrogens with one attached hydrogen (secondary N) is 1. The number of fused-ring (bicyclic) bond motifs is 4. The molecule has 8 atom stereocenters. The number of benzene rings is 1. The summed E-state index contributed by atoms with van der Waals surface area (Å²) in [4.78, 5) is 18.3. The van der Waals surface area contributed by atoms with Crippen LogP contribution in [0.1, 0.15) is 82.5 Å². The van der Waals surface area contributed by atoms with E-state index in [-0.39, 0.29) is 29.6 Å². The Morgan fingerprint density at radius 2 is 1.86 bits per heavy atom. The molecule has 1 aromatic rings. The van der Waals surface area contributed by atoms with E-state index in [9.17, 15) is 13.2 Å². The first kappa shape index (κ1) is 36.3. The standard InChI is InChI=1S/C39H56ClN3O6S/c1-5-42(4)31-21-47-38(48-22-31)33-10-6-8-25(2)26(3)50(45,46)41-37(44)28-12-16-36-35(19-28)43(20-29-11-14-32(29)33)23-39(24-49-36)17-7-9-27-18-30(40)13-15-34(27)39/h12-13,15-16,18-19,25-27,29,31-34,38H,5-11,14,17,20-24H2,1-4H3,(H,41,44)/t25?,26?,27?,29-,31?,32+,33-,34?,38?,39-/m0/s1. The summed E-state index contributed by atoms with van der Waals surface area (Å²) in [5, 5.41) is 0.0938. The van der Waals surface area contributed by atoms with Gasteiger partial charge in [0.1, 0.15) is 5.75 Å². The SMILES string of the molecule is CCN(C)C1COC([C@H]2CCCC(C)C(C)S(=O)(=O)NC(=O)c3ccc4c(c3)N(C[C@@H]3CC[C@H]32)C[C@@]2(CCCC3C=C(Cl)C=CC32)CO4)OC1. The molecule has 3 heterocycles. The molecule has 9 nitrogen and oxygen atoms in total. The molecule has 3 aliphatic heterocycles. The maximum atomic E-state index is 13.6. The van der Waals surface area contributed by atoms with E-state index >= 15 is 0 Å². The third kappa shape index (κ3) is 7.13. The average Bonchev–Trinajstić information content (AvgIpc) is 3.25. The highest BCUT2D eigenvalue weighted by Crippen LogP contribution is 2.53. The second kappa shape index (κ2) is 14.7. The highest BCUT2D eigenvalue weighted by molar-refractivity contribution is 7.90. The number of allylic oxidation sites excluding steroid dienone is 4. The van der Waals surface area contributed by atoms with E-state index in [1.54, 1.807) is 13.0 Å². The first-order valence-electron chi connectivity index (χ1n) is 19.0. The minimum absolute atomic E-state index is 0.119. The van der Waals surface area contributed by atoms with Crippen LogP contribution in [0.2, 0.25) is 0 Å². The van der Waals surface area contributed by atoms with Gasteiger partial charge in [-0.1, -0.05) is 50.4 Å². The van der Waals surface area contributed by atoms with Crippen molar-refractivity contribution in [3.05, 3.63) is 47.0 Å². The zero-order chi connectivity index (χ0) is 35.2. The van der Waals surface area contributed by atoms with E-state index < -0.39 is 21.2 Å². The number of hydrogen-bond donors (Lipinski definition) is 1. The minimum atomic E-state index is -3.90. The smallest absolute Gasteiger partial charge is 0.264 e. The molecular formula is C39H56ClN3O6S. The van der Waals surface area contributed by atoms with Gasteiger partial charge in [0.05, 0.1) is 36.8 Å². The maximum Gasteiger partial charge on any atom is 0.264 e. The Kier molecular flexibility index (Phi) is 10.7. The molecule has 3 aliphatic carbocycles. The molecule has 1 spiro atoms. The fraction of sp³-hybridized carbons (Fsp3) is 0.718. The lowest BCUT2D eigenvalue weighted by Gasteiger charge is -2.51. The Hall–Kier alpha value is -2.11. The molecule has 7 rings (SSSR count). The molecule has 0 aromatic heterocycles. The van der Waals surface area contributed by atoms with Crippen molar-refractivity contribution in [3.63, 3.8) is 0 Å². The molecule has 2 saturated carbocycles. The third-order valence-electron chi connectivity index (χ3n) is 13.4. The number of sulfonamides is 1. The van der Waals surface area contributed by atoms with Crippen LogP contribution >= 0.6 is 11.6 Å². The van der Waals surface area contributed by atoms with Gasteiger partial charge in [-0.3, -0.25) is 9.69 Å². The summed E-state index contributed by atoms with van der Waals surface area (Å²) in [6, 6.07) is 5.67. The van der Waals surface area contributed by atoms with E-state index in [0.29, 0.717) is 49.1 Å². The summed E-state index contributed by atoms with van der Waals surface area (Å²) in [5.74, 6) is 1.79. The summed E-state index contributed by atoms with van der Waals surface area (Å²) in [5.41, 5.74) is 1.07. The molecule has 1 aromatic carbocycles. The Morgan fingerprint density at radius 1 is 1.06 bits per heavy atom. The van der Waals surface area contributed by atoms with Crippen LogP contribution in [0.5, 0.6) is 5.75 Å². The average molecular weight is 730 g/mol. The van der Waals surface area contributed by atoms with Crippen molar-refractivity contribution in [2.75, 3.05) is 51.4 Å². The van der Waals surface area contributed by atoms with Gasteiger partial charge in [-0.15, -0.1) is 0 Å². The monoisotopic (exact) mass is 729 g/mol. The summed E-state index contributed by atoms with van der Waals surface area (Å²) >= 11 is 6.51. The van der Waals surface area contributed by atoms with E-state index in [0.717, 1.165) is 87.5 Å². The van der Waals surface area contributed by atoms with Crippen molar-refractivity contribution in [1.82, 2.24) is 9.62 Å². The topological polar surface area (TPSA) is 97.4 Å². The minimum Gasteiger partial charge on any atom is -0.491 e. The van der Waals surface area contributed by atoms with Crippen molar-refractivity contribution in [2.45, 2.75) is 89.7 Å². The first-order valence-corrected chi connectivity index (χ1v) is 21.0. The third-order valence-corrected chi connectivity index (χ3v) is 15.5. The maximum absolute atomic E-state index is 13.6. The molecule has 2 bridgehead atoms. The fourth-order valence-electron chi connectivity index (χ4n) is 9.74. The van der Waals surface area contributed by atoms with Crippen LogP contribution < -0.4 is 14.4 Å². The number of anilines is 1. The van der Waals surface area contributed by atoms with Crippen LogP contribution in [0, 0.1) is 40.9 Å². The zero-order valence-electron chi connectivity index (χ0n) is 30.2. The van der Waals surface area contributed by atoms with Crippen molar-refractivity contribution < 1.29 is 27.4 Å².